The molecular formula is C14H8N2O4. The van der Waals surface area contributed by atoms with Gasteiger partial charge in [0.05, 0.1) is 16.6 Å². The van der Waals surface area contributed by atoms with Gasteiger partial charge >= 0.3 is 5.69 Å². The number of aldehydes is 1. The van der Waals surface area contributed by atoms with Crippen molar-refractivity contribution in [2.75, 3.05) is 0 Å². The number of nitro groups is 1. The summed E-state index contributed by atoms with van der Waals surface area (Å²) in [6.45, 7) is 0. The third-order valence-corrected chi connectivity index (χ3v) is 2.53. The lowest BCUT2D eigenvalue weighted by atomic mass is 10.2. The van der Waals surface area contributed by atoms with Gasteiger partial charge in [-0.25, -0.2) is 0 Å². The molecule has 0 aliphatic carbocycles. The molecule has 0 aliphatic heterocycles. The van der Waals surface area contributed by atoms with Crippen molar-refractivity contribution in [2.45, 2.75) is 0 Å². The van der Waals surface area contributed by atoms with E-state index in [-0.39, 0.29) is 17.0 Å². The van der Waals surface area contributed by atoms with E-state index in [9.17, 15) is 14.9 Å². The first kappa shape index (κ1) is 13.2. The van der Waals surface area contributed by atoms with E-state index >= 15 is 0 Å². The zero-order valence-corrected chi connectivity index (χ0v) is 10.1. The fourth-order valence-electron chi connectivity index (χ4n) is 1.56. The topological polar surface area (TPSA) is 93.2 Å². The molecule has 0 saturated heterocycles. The van der Waals surface area contributed by atoms with Crippen LogP contribution < -0.4 is 4.74 Å². The summed E-state index contributed by atoms with van der Waals surface area (Å²) in [5.74, 6) is 0.399. The van der Waals surface area contributed by atoms with Gasteiger partial charge in [-0.05, 0) is 36.4 Å². The number of nitriles is 1. The molecule has 0 unspecified atom stereocenters. The number of hydrogen-bond donors (Lipinski definition) is 0. The van der Waals surface area contributed by atoms with Gasteiger partial charge in [-0.3, -0.25) is 14.9 Å². The Hall–Kier alpha value is -3.20. The summed E-state index contributed by atoms with van der Waals surface area (Å²) in [5.41, 5.74) is 0.367. The molecule has 0 spiro atoms. The minimum atomic E-state index is -0.619. The van der Waals surface area contributed by atoms with Crippen LogP contribution in [0.25, 0.3) is 0 Å². The summed E-state index contributed by atoms with van der Waals surface area (Å²) >= 11 is 0. The van der Waals surface area contributed by atoms with Crippen molar-refractivity contribution in [2.24, 2.45) is 0 Å². The van der Waals surface area contributed by atoms with Crippen LogP contribution in [-0.2, 0) is 0 Å². The number of rotatable bonds is 4. The molecule has 0 aromatic heterocycles. The molecule has 0 amide bonds. The van der Waals surface area contributed by atoms with Crippen molar-refractivity contribution in [3.05, 3.63) is 63.7 Å². The molecule has 0 aliphatic rings. The van der Waals surface area contributed by atoms with Crippen LogP contribution in [-0.4, -0.2) is 11.2 Å². The van der Waals surface area contributed by atoms with Crippen LogP contribution in [0.3, 0.4) is 0 Å². The summed E-state index contributed by atoms with van der Waals surface area (Å²) in [6, 6.07) is 12.1. The van der Waals surface area contributed by atoms with Crippen LogP contribution in [0.15, 0.2) is 42.5 Å². The molecule has 0 atom stereocenters. The molecule has 2 aromatic rings. The van der Waals surface area contributed by atoms with Gasteiger partial charge < -0.3 is 4.74 Å². The lowest BCUT2D eigenvalue weighted by Gasteiger charge is -2.06. The third kappa shape index (κ3) is 2.79. The van der Waals surface area contributed by atoms with E-state index in [2.05, 4.69) is 0 Å². The summed E-state index contributed by atoms with van der Waals surface area (Å²) in [6.07, 6.45) is 0.526. The number of carbonyl (C=O) groups is 1. The molecular weight excluding hydrogens is 260 g/mol. The predicted octanol–water partition coefficient (Wildman–Crippen LogP) is 3.07. The molecule has 0 radical (unpaired) electrons. The van der Waals surface area contributed by atoms with Crippen molar-refractivity contribution in [1.29, 1.82) is 5.26 Å². The normalized spacial score (nSPS) is 9.55. The number of benzene rings is 2. The van der Waals surface area contributed by atoms with Crippen LogP contribution in [0.1, 0.15) is 15.9 Å². The highest BCUT2D eigenvalue weighted by atomic mass is 16.6. The number of carbonyl (C=O) groups excluding carboxylic acids is 1. The number of nitro benzene ring substituents is 1. The second-order valence-electron chi connectivity index (χ2n) is 3.84. The molecule has 6 heteroatoms. The fraction of sp³-hybridized carbons (Fsp3) is 0. The largest absolute Gasteiger partial charge is 0.450 e. The Labute approximate surface area is 114 Å². The maximum atomic E-state index is 10.9. The van der Waals surface area contributed by atoms with Gasteiger partial charge in [0, 0.05) is 11.6 Å². The van der Waals surface area contributed by atoms with Crippen molar-refractivity contribution < 1.29 is 14.5 Å². The first-order valence-electron chi connectivity index (χ1n) is 5.55. The third-order valence-electron chi connectivity index (χ3n) is 2.53. The monoisotopic (exact) mass is 268 g/mol. The molecule has 0 saturated carbocycles. The van der Waals surface area contributed by atoms with Gasteiger partial charge in [0.25, 0.3) is 0 Å². The Morgan fingerprint density at radius 2 is 1.90 bits per heavy atom. The van der Waals surface area contributed by atoms with Gasteiger partial charge in [-0.1, -0.05) is 0 Å². The highest BCUT2D eigenvalue weighted by Crippen LogP contribution is 2.31. The Morgan fingerprint density at radius 3 is 2.45 bits per heavy atom. The SMILES string of the molecule is N#Cc1ccc(Oc2ccc(C=O)cc2[N+](=O)[O-])cc1. The second kappa shape index (κ2) is 5.63. The number of hydrogen-bond acceptors (Lipinski definition) is 5. The Balaban J connectivity index is 2.34. The summed E-state index contributed by atoms with van der Waals surface area (Å²) in [4.78, 5) is 21.0. The zero-order valence-electron chi connectivity index (χ0n) is 10.1. The van der Waals surface area contributed by atoms with Crippen molar-refractivity contribution in [3.63, 3.8) is 0 Å². The predicted molar refractivity (Wildman–Crippen MR) is 69.7 cm³/mol. The maximum Gasteiger partial charge on any atom is 0.312 e. The van der Waals surface area contributed by atoms with E-state index in [0.717, 1.165) is 6.07 Å². The maximum absolute atomic E-state index is 10.9. The quantitative estimate of drug-likeness (QED) is 0.482. The van der Waals surface area contributed by atoms with Crippen molar-refractivity contribution >= 4 is 12.0 Å². The Morgan fingerprint density at radius 1 is 1.20 bits per heavy atom. The lowest BCUT2D eigenvalue weighted by Crippen LogP contribution is -1.95. The Bertz CT molecular complexity index is 702. The second-order valence-corrected chi connectivity index (χ2v) is 3.84. The van der Waals surface area contributed by atoms with Gasteiger partial charge in [-0.2, -0.15) is 5.26 Å². The average Bonchev–Trinajstić information content (AvgIpc) is 2.48. The van der Waals surface area contributed by atoms with E-state index in [0.29, 0.717) is 17.6 Å². The Kier molecular flexibility index (Phi) is 3.72. The van der Waals surface area contributed by atoms with Crippen LogP contribution in [0, 0.1) is 21.4 Å². The van der Waals surface area contributed by atoms with E-state index in [1.165, 1.54) is 24.3 Å². The van der Waals surface area contributed by atoms with E-state index in [1.807, 2.05) is 6.07 Å². The van der Waals surface area contributed by atoms with Gasteiger partial charge in [0.2, 0.25) is 5.75 Å². The van der Waals surface area contributed by atoms with E-state index in [1.54, 1.807) is 12.1 Å². The van der Waals surface area contributed by atoms with Crippen molar-refractivity contribution in [1.82, 2.24) is 0 Å². The molecule has 0 bridgehead atoms. The zero-order chi connectivity index (χ0) is 14.5. The smallest absolute Gasteiger partial charge is 0.312 e. The average molecular weight is 268 g/mol. The minimum Gasteiger partial charge on any atom is -0.450 e. The highest BCUT2D eigenvalue weighted by molar-refractivity contribution is 5.77. The highest BCUT2D eigenvalue weighted by Gasteiger charge is 2.16. The minimum absolute atomic E-state index is 0.0327. The molecule has 0 heterocycles. The van der Waals surface area contributed by atoms with Gasteiger partial charge in [-0.15, -0.1) is 0 Å². The first-order valence-corrected chi connectivity index (χ1v) is 5.55. The van der Waals surface area contributed by atoms with Crippen LogP contribution in [0.4, 0.5) is 5.69 Å². The molecule has 2 aromatic carbocycles. The van der Waals surface area contributed by atoms with Crippen LogP contribution in [0.2, 0.25) is 0 Å². The molecule has 98 valence electrons. The molecule has 0 N–H and O–H groups in total. The number of nitrogens with zero attached hydrogens (tertiary/aromatic N) is 2. The van der Waals surface area contributed by atoms with Crippen LogP contribution >= 0.6 is 0 Å². The van der Waals surface area contributed by atoms with Crippen LogP contribution in [0.5, 0.6) is 11.5 Å². The van der Waals surface area contributed by atoms with E-state index in [4.69, 9.17) is 10.00 Å². The summed E-state index contributed by atoms with van der Waals surface area (Å²) < 4.78 is 5.40. The molecule has 0 fully saturated rings. The van der Waals surface area contributed by atoms with Gasteiger partial charge in [0.15, 0.2) is 0 Å². The standard InChI is InChI=1S/C14H8N2O4/c15-8-10-1-4-12(5-2-10)20-14-6-3-11(9-17)7-13(14)16(18)19/h1-7,9H. The first-order chi connectivity index (χ1) is 9.63. The van der Waals surface area contributed by atoms with E-state index < -0.39 is 4.92 Å². The summed E-state index contributed by atoms with van der Waals surface area (Å²) in [7, 11) is 0. The molecule has 2 rings (SSSR count). The fourth-order valence-corrected chi connectivity index (χ4v) is 1.56. The molecule has 6 nitrogen and oxygen atoms in total. The molecule has 20 heavy (non-hydrogen) atoms. The van der Waals surface area contributed by atoms with Gasteiger partial charge in [0.1, 0.15) is 12.0 Å². The lowest BCUT2D eigenvalue weighted by molar-refractivity contribution is -0.385. The number of ether oxygens (including phenoxy) is 1. The summed E-state index contributed by atoms with van der Waals surface area (Å²) in [5, 5.41) is 19.6. The van der Waals surface area contributed by atoms with Crippen molar-refractivity contribution in [3.8, 4) is 17.6 Å².